The molecular weight excluding hydrogens is 412 g/mol. The van der Waals surface area contributed by atoms with Crippen molar-refractivity contribution in [2.45, 2.75) is 24.9 Å². The van der Waals surface area contributed by atoms with Crippen LogP contribution in [0.4, 0.5) is 23.2 Å². The van der Waals surface area contributed by atoms with Crippen LogP contribution in [-0.4, -0.2) is 28.8 Å². The Balaban J connectivity index is 1.70. The molecule has 0 spiro atoms. The van der Waals surface area contributed by atoms with Crippen molar-refractivity contribution in [3.63, 3.8) is 0 Å². The Labute approximate surface area is 176 Å². The van der Waals surface area contributed by atoms with E-state index < -0.39 is 23.5 Å². The number of amides is 1. The van der Waals surface area contributed by atoms with E-state index in [2.05, 4.69) is 15.7 Å². The molecule has 1 aliphatic rings. The van der Waals surface area contributed by atoms with Crippen molar-refractivity contribution in [3.05, 3.63) is 77.4 Å². The fraction of sp³-hybridized carbons (Fsp3) is 0.273. The number of hydrogen-bond donors (Lipinski definition) is 2. The van der Waals surface area contributed by atoms with Crippen LogP contribution < -0.4 is 10.6 Å². The Morgan fingerprint density at radius 3 is 2.55 bits per heavy atom. The SMILES string of the molecule is O=C(Nc1cccc(C(F)(F)F)c1)c1cnn(-c2cccc(F)c2)c1C1CCNCC1. The molecule has 0 unspecified atom stereocenters. The second kappa shape index (κ2) is 8.50. The van der Waals surface area contributed by atoms with E-state index in [0.29, 0.717) is 11.4 Å². The van der Waals surface area contributed by atoms with Crippen molar-refractivity contribution in [3.8, 4) is 5.69 Å². The zero-order chi connectivity index (χ0) is 22.0. The molecule has 0 aliphatic carbocycles. The molecule has 5 nitrogen and oxygen atoms in total. The fourth-order valence-electron chi connectivity index (χ4n) is 3.81. The number of halogens is 4. The number of nitrogens with zero attached hydrogens (tertiary/aromatic N) is 2. The van der Waals surface area contributed by atoms with Gasteiger partial charge in [0.2, 0.25) is 0 Å². The maximum absolute atomic E-state index is 13.8. The highest BCUT2D eigenvalue weighted by molar-refractivity contribution is 6.05. The predicted molar refractivity (Wildman–Crippen MR) is 108 cm³/mol. The quantitative estimate of drug-likeness (QED) is 0.585. The Morgan fingerprint density at radius 1 is 1.10 bits per heavy atom. The summed E-state index contributed by atoms with van der Waals surface area (Å²) in [6.07, 6.45) is -1.62. The van der Waals surface area contributed by atoms with Crippen molar-refractivity contribution in [1.82, 2.24) is 15.1 Å². The lowest BCUT2D eigenvalue weighted by molar-refractivity contribution is -0.137. The minimum absolute atomic E-state index is 0.00530. The summed E-state index contributed by atoms with van der Waals surface area (Å²) in [6, 6.07) is 10.4. The lowest BCUT2D eigenvalue weighted by atomic mass is 9.91. The predicted octanol–water partition coefficient (Wildman–Crippen LogP) is 4.75. The highest BCUT2D eigenvalue weighted by atomic mass is 19.4. The molecular formula is C22H20F4N4O. The van der Waals surface area contributed by atoms with E-state index in [1.165, 1.54) is 30.5 Å². The number of piperidine rings is 1. The summed E-state index contributed by atoms with van der Waals surface area (Å²) in [6.45, 7) is 1.52. The van der Waals surface area contributed by atoms with Crippen LogP contribution in [0.3, 0.4) is 0 Å². The second-order valence-electron chi connectivity index (χ2n) is 7.39. The average molecular weight is 432 g/mol. The van der Waals surface area contributed by atoms with E-state index in [4.69, 9.17) is 0 Å². The summed E-state index contributed by atoms with van der Waals surface area (Å²) >= 11 is 0. The van der Waals surface area contributed by atoms with E-state index >= 15 is 0 Å². The molecule has 1 fully saturated rings. The molecule has 31 heavy (non-hydrogen) atoms. The van der Waals surface area contributed by atoms with Gasteiger partial charge in [0.15, 0.2) is 0 Å². The molecule has 0 atom stereocenters. The third-order valence-corrected chi connectivity index (χ3v) is 5.28. The van der Waals surface area contributed by atoms with Crippen LogP contribution in [-0.2, 0) is 6.18 Å². The molecule has 1 aliphatic heterocycles. The monoisotopic (exact) mass is 432 g/mol. The second-order valence-corrected chi connectivity index (χ2v) is 7.39. The molecule has 0 bridgehead atoms. The number of nitrogens with one attached hydrogen (secondary N) is 2. The summed E-state index contributed by atoms with van der Waals surface area (Å²) in [5.74, 6) is -0.996. The molecule has 2 N–H and O–H groups in total. The largest absolute Gasteiger partial charge is 0.416 e. The molecule has 1 amide bonds. The van der Waals surface area contributed by atoms with Gasteiger partial charge < -0.3 is 10.6 Å². The fourth-order valence-corrected chi connectivity index (χ4v) is 3.81. The smallest absolute Gasteiger partial charge is 0.322 e. The van der Waals surface area contributed by atoms with Gasteiger partial charge in [-0.05, 0) is 62.3 Å². The van der Waals surface area contributed by atoms with Crippen LogP contribution in [0.2, 0.25) is 0 Å². The van der Waals surface area contributed by atoms with Crippen LogP contribution >= 0.6 is 0 Å². The first-order chi connectivity index (χ1) is 14.8. The number of benzene rings is 2. The van der Waals surface area contributed by atoms with Gasteiger partial charge >= 0.3 is 6.18 Å². The first-order valence-corrected chi connectivity index (χ1v) is 9.86. The van der Waals surface area contributed by atoms with E-state index in [1.54, 1.807) is 16.8 Å². The standard InChI is InChI=1S/C22H20F4N4O/c23-16-4-2-6-18(12-16)30-20(14-7-9-27-10-8-14)19(13-28-30)21(31)29-17-5-1-3-15(11-17)22(24,25)26/h1-6,11-14,27H,7-10H2,(H,29,31). The van der Waals surface area contributed by atoms with Gasteiger partial charge in [-0.3, -0.25) is 4.79 Å². The van der Waals surface area contributed by atoms with Gasteiger partial charge in [-0.15, -0.1) is 0 Å². The van der Waals surface area contributed by atoms with Crippen LogP contribution in [0.5, 0.6) is 0 Å². The van der Waals surface area contributed by atoms with Gasteiger partial charge in [-0.2, -0.15) is 18.3 Å². The number of anilines is 1. The minimum atomic E-state index is -4.51. The zero-order valence-corrected chi connectivity index (χ0v) is 16.4. The highest BCUT2D eigenvalue weighted by Gasteiger charge is 2.31. The first kappa shape index (κ1) is 21.0. The van der Waals surface area contributed by atoms with Crippen molar-refractivity contribution in [2.24, 2.45) is 0 Å². The van der Waals surface area contributed by atoms with E-state index in [0.717, 1.165) is 38.1 Å². The molecule has 3 aromatic rings. The Hall–Kier alpha value is -3.20. The van der Waals surface area contributed by atoms with Crippen molar-refractivity contribution in [2.75, 3.05) is 18.4 Å². The van der Waals surface area contributed by atoms with Gasteiger partial charge in [0, 0.05) is 11.6 Å². The van der Waals surface area contributed by atoms with Gasteiger partial charge in [0.05, 0.1) is 28.7 Å². The Kier molecular flexibility index (Phi) is 5.77. The van der Waals surface area contributed by atoms with E-state index in [9.17, 15) is 22.4 Å². The van der Waals surface area contributed by atoms with Gasteiger partial charge in [-0.1, -0.05) is 12.1 Å². The van der Waals surface area contributed by atoms with Crippen LogP contribution in [0.15, 0.2) is 54.7 Å². The van der Waals surface area contributed by atoms with Gasteiger partial charge in [0.25, 0.3) is 5.91 Å². The maximum Gasteiger partial charge on any atom is 0.416 e. The number of hydrogen-bond acceptors (Lipinski definition) is 3. The summed E-state index contributed by atoms with van der Waals surface area (Å²) < 4.78 is 54.3. The molecule has 1 saturated heterocycles. The molecule has 0 radical (unpaired) electrons. The zero-order valence-electron chi connectivity index (χ0n) is 16.4. The summed E-state index contributed by atoms with van der Waals surface area (Å²) in [7, 11) is 0. The third kappa shape index (κ3) is 4.61. The first-order valence-electron chi connectivity index (χ1n) is 9.86. The van der Waals surface area contributed by atoms with Crippen LogP contribution in [0.25, 0.3) is 5.69 Å². The van der Waals surface area contributed by atoms with E-state index in [-0.39, 0.29) is 17.2 Å². The molecule has 0 saturated carbocycles. The van der Waals surface area contributed by atoms with Crippen LogP contribution in [0, 0.1) is 5.82 Å². The molecule has 162 valence electrons. The average Bonchev–Trinajstić information content (AvgIpc) is 3.19. The van der Waals surface area contributed by atoms with Crippen molar-refractivity contribution < 1.29 is 22.4 Å². The normalized spacial score (nSPS) is 15.1. The molecule has 9 heteroatoms. The number of carbonyl (C=O) groups excluding carboxylic acids is 1. The van der Waals surface area contributed by atoms with E-state index in [1.807, 2.05) is 0 Å². The number of rotatable bonds is 4. The highest BCUT2D eigenvalue weighted by Crippen LogP contribution is 2.32. The number of alkyl halides is 3. The summed E-state index contributed by atoms with van der Waals surface area (Å²) in [5.41, 5.74) is 0.547. The number of carbonyl (C=O) groups is 1. The van der Waals surface area contributed by atoms with Crippen molar-refractivity contribution >= 4 is 11.6 Å². The van der Waals surface area contributed by atoms with Gasteiger partial charge in [-0.25, -0.2) is 9.07 Å². The molecule has 2 aromatic carbocycles. The lowest BCUT2D eigenvalue weighted by Crippen LogP contribution is -2.29. The van der Waals surface area contributed by atoms with Gasteiger partial charge in [0.1, 0.15) is 5.82 Å². The third-order valence-electron chi connectivity index (χ3n) is 5.28. The van der Waals surface area contributed by atoms with Crippen LogP contribution in [0.1, 0.15) is 40.4 Å². The van der Waals surface area contributed by atoms with Crippen molar-refractivity contribution in [1.29, 1.82) is 0 Å². The molecule has 2 heterocycles. The molecule has 1 aromatic heterocycles. The summed E-state index contributed by atoms with van der Waals surface area (Å²) in [4.78, 5) is 13.0. The molecule has 4 rings (SSSR count). The Morgan fingerprint density at radius 2 is 1.84 bits per heavy atom. The number of aromatic nitrogens is 2. The Bertz CT molecular complexity index is 1090. The minimum Gasteiger partial charge on any atom is -0.322 e. The lowest BCUT2D eigenvalue weighted by Gasteiger charge is -2.24. The topological polar surface area (TPSA) is 59.0 Å². The maximum atomic E-state index is 13.8. The summed E-state index contributed by atoms with van der Waals surface area (Å²) in [5, 5.41) is 10.1.